The van der Waals surface area contributed by atoms with Gasteiger partial charge in [0.2, 0.25) is 0 Å². The van der Waals surface area contributed by atoms with Crippen LogP contribution in [-0.2, 0) is 4.84 Å². The van der Waals surface area contributed by atoms with Crippen molar-refractivity contribution in [3.8, 4) is 5.75 Å². The van der Waals surface area contributed by atoms with Gasteiger partial charge in [0.25, 0.3) is 0 Å². The Balaban J connectivity index is 2.49. The maximum absolute atomic E-state index is 11.4. The fourth-order valence-electron chi connectivity index (χ4n) is 1.13. The van der Waals surface area contributed by atoms with Crippen molar-refractivity contribution < 1.29 is 14.4 Å². The number of amides is 1. The van der Waals surface area contributed by atoms with Gasteiger partial charge in [-0.15, -0.1) is 0 Å². The van der Waals surface area contributed by atoms with E-state index in [-0.39, 0.29) is 0 Å². The molecule has 5 heteroatoms. The Morgan fingerprint density at radius 3 is 2.50 bits per heavy atom. The molecule has 0 saturated heterocycles. The van der Waals surface area contributed by atoms with Crippen molar-refractivity contribution in [2.45, 2.75) is 27.2 Å². The second kappa shape index (κ2) is 7.32. The molecule has 0 aliphatic rings. The normalized spacial score (nSPS) is 10.9. The Labute approximate surface area is 107 Å². The quantitative estimate of drug-likeness (QED) is 0.495. The van der Waals surface area contributed by atoms with Crippen LogP contribution in [0, 0.1) is 0 Å². The van der Waals surface area contributed by atoms with Crippen LogP contribution < -0.4 is 10.1 Å². The van der Waals surface area contributed by atoms with Crippen molar-refractivity contribution in [3.05, 3.63) is 24.3 Å². The summed E-state index contributed by atoms with van der Waals surface area (Å²) in [5.74, 6) is 0.760. The number of nitrogens with one attached hydrogen (secondary N) is 1. The number of hydrogen-bond donors (Lipinski definition) is 1. The summed E-state index contributed by atoms with van der Waals surface area (Å²) in [6.07, 6.45) is 0.142. The highest BCUT2D eigenvalue weighted by Crippen LogP contribution is 2.15. The molecule has 0 aliphatic carbocycles. The predicted molar refractivity (Wildman–Crippen MR) is 71.1 cm³/mol. The van der Waals surface area contributed by atoms with E-state index in [0.717, 1.165) is 17.9 Å². The topological polar surface area (TPSA) is 59.9 Å². The molecule has 0 radical (unpaired) electrons. The van der Waals surface area contributed by atoms with E-state index < -0.39 is 6.09 Å². The van der Waals surface area contributed by atoms with E-state index in [1.165, 1.54) is 0 Å². The highest BCUT2D eigenvalue weighted by atomic mass is 16.7. The molecular weight excluding hydrogens is 232 g/mol. The van der Waals surface area contributed by atoms with E-state index in [0.29, 0.717) is 12.3 Å². The third-order valence-corrected chi connectivity index (χ3v) is 2.21. The monoisotopic (exact) mass is 250 g/mol. The standard InChI is InChI=1S/C13H18N2O3/c1-4-10(3)15-18-13(16)14-11-6-8-12(9-7-11)17-5-2/h6-9H,4-5H2,1-3H3,(H,14,16)/b15-10-. The highest BCUT2D eigenvalue weighted by Gasteiger charge is 2.03. The van der Waals surface area contributed by atoms with Gasteiger partial charge < -0.3 is 4.74 Å². The lowest BCUT2D eigenvalue weighted by atomic mass is 10.3. The molecule has 1 N–H and O–H groups in total. The van der Waals surface area contributed by atoms with Crippen LogP contribution in [0.3, 0.4) is 0 Å². The lowest BCUT2D eigenvalue weighted by Gasteiger charge is -2.05. The van der Waals surface area contributed by atoms with Crippen LogP contribution in [-0.4, -0.2) is 18.4 Å². The smallest absolute Gasteiger partial charge is 0.437 e. The average Bonchev–Trinajstić information content (AvgIpc) is 2.38. The van der Waals surface area contributed by atoms with Crippen molar-refractivity contribution in [1.29, 1.82) is 0 Å². The third-order valence-electron chi connectivity index (χ3n) is 2.21. The van der Waals surface area contributed by atoms with Gasteiger partial charge in [-0.1, -0.05) is 12.1 Å². The van der Waals surface area contributed by atoms with Gasteiger partial charge in [-0.2, -0.15) is 0 Å². The lowest BCUT2D eigenvalue weighted by Crippen LogP contribution is -2.11. The maximum atomic E-state index is 11.4. The minimum Gasteiger partial charge on any atom is -0.494 e. The first-order valence-electron chi connectivity index (χ1n) is 5.90. The van der Waals surface area contributed by atoms with Crippen LogP contribution in [0.1, 0.15) is 27.2 Å². The first-order chi connectivity index (χ1) is 8.65. The number of ether oxygens (including phenoxy) is 1. The second-order valence-corrected chi connectivity index (χ2v) is 3.64. The van der Waals surface area contributed by atoms with Gasteiger partial charge in [-0.05, 0) is 44.5 Å². The molecule has 1 rings (SSSR count). The second-order valence-electron chi connectivity index (χ2n) is 3.64. The van der Waals surface area contributed by atoms with Crippen LogP contribution in [0.25, 0.3) is 0 Å². The zero-order valence-corrected chi connectivity index (χ0v) is 10.9. The minimum atomic E-state index is -0.605. The average molecular weight is 250 g/mol. The predicted octanol–water partition coefficient (Wildman–Crippen LogP) is 3.42. The number of anilines is 1. The summed E-state index contributed by atoms with van der Waals surface area (Å²) in [7, 11) is 0. The third kappa shape index (κ3) is 4.86. The Hall–Kier alpha value is -2.04. The Kier molecular flexibility index (Phi) is 5.70. The van der Waals surface area contributed by atoms with Gasteiger partial charge >= 0.3 is 6.09 Å². The molecule has 1 aromatic carbocycles. The minimum absolute atomic E-state index is 0.605. The fourth-order valence-corrected chi connectivity index (χ4v) is 1.13. The van der Waals surface area contributed by atoms with Gasteiger partial charge in [-0.3, -0.25) is 10.2 Å². The van der Waals surface area contributed by atoms with E-state index in [2.05, 4.69) is 15.3 Å². The molecule has 98 valence electrons. The Morgan fingerprint density at radius 2 is 1.94 bits per heavy atom. The molecule has 0 aliphatic heterocycles. The van der Waals surface area contributed by atoms with E-state index in [1.807, 2.05) is 13.8 Å². The van der Waals surface area contributed by atoms with E-state index in [4.69, 9.17) is 4.74 Å². The zero-order chi connectivity index (χ0) is 13.4. The zero-order valence-electron chi connectivity index (χ0n) is 10.9. The molecule has 0 heterocycles. The first-order valence-corrected chi connectivity index (χ1v) is 5.90. The van der Waals surface area contributed by atoms with Crippen LogP contribution in [0.4, 0.5) is 10.5 Å². The number of rotatable bonds is 5. The summed E-state index contributed by atoms with van der Waals surface area (Å²) in [5, 5.41) is 6.23. The molecule has 1 amide bonds. The van der Waals surface area contributed by atoms with Gasteiger partial charge in [-0.25, -0.2) is 4.79 Å². The van der Waals surface area contributed by atoms with E-state index >= 15 is 0 Å². The van der Waals surface area contributed by atoms with Crippen LogP contribution >= 0.6 is 0 Å². The Morgan fingerprint density at radius 1 is 1.28 bits per heavy atom. The number of carbonyl (C=O) groups excluding carboxylic acids is 1. The molecular formula is C13H18N2O3. The van der Waals surface area contributed by atoms with Crippen LogP contribution in [0.2, 0.25) is 0 Å². The van der Waals surface area contributed by atoms with Gasteiger partial charge in [0.15, 0.2) is 0 Å². The summed E-state index contributed by atoms with van der Waals surface area (Å²) in [6, 6.07) is 7.03. The van der Waals surface area contributed by atoms with Crippen molar-refractivity contribution >= 4 is 17.5 Å². The molecule has 0 bridgehead atoms. The van der Waals surface area contributed by atoms with E-state index in [1.54, 1.807) is 31.2 Å². The fraction of sp³-hybridized carbons (Fsp3) is 0.385. The molecule has 0 spiro atoms. The molecule has 1 aromatic rings. The van der Waals surface area contributed by atoms with Gasteiger partial charge in [0, 0.05) is 5.69 Å². The SMILES string of the molecule is CCOc1ccc(NC(=O)O/N=C(/C)CC)cc1. The molecule has 0 aromatic heterocycles. The van der Waals surface area contributed by atoms with Gasteiger partial charge in [0.05, 0.1) is 12.3 Å². The summed E-state index contributed by atoms with van der Waals surface area (Å²) in [6.45, 7) is 6.26. The number of hydrogen-bond acceptors (Lipinski definition) is 4. The lowest BCUT2D eigenvalue weighted by molar-refractivity contribution is 0.166. The summed E-state index contributed by atoms with van der Waals surface area (Å²) >= 11 is 0. The molecule has 0 unspecified atom stereocenters. The number of carbonyl (C=O) groups is 1. The first kappa shape index (κ1) is 14.0. The number of benzene rings is 1. The number of nitrogens with zero attached hydrogens (tertiary/aromatic N) is 1. The van der Waals surface area contributed by atoms with Crippen LogP contribution in [0.15, 0.2) is 29.4 Å². The number of oxime groups is 1. The van der Waals surface area contributed by atoms with Crippen molar-refractivity contribution in [1.82, 2.24) is 0 Å². The molecule has 0 saturated carbocycles. The largest absolute Gasteiger partial charge is 0.494 e. The molecule has 0 atom stereocenters. The van der Waals surface area contributed by atoms with Gasteiger partial charge in [0.1, 0.15) is 5.75 Å². The molecule has 18 heavy (non-hydrogen) atoms. The maximum Gasteiger partial charge on any atom is 0.437 e. The molecule has 0 fully saturated rings. The highest BCUT2D eigenvalue weighted by molar-refractivity contribution is 5.86. The Bertz CT molecular complexity index is 413. The van der Waals surface area contributed by atoms with Crippen molar-refractivity contribution in [3.63, 3.8) is 0 Å². The summed E-state index contributed by atoms with van der Waals surface area (Å²) in [4.78, 5) is 16.1. The summed E-state index contributed by atoms with van der Waals surface area (Å²) < 4.78 is 5.29. The van der Waals surface area contributed by atoms with Crippen molar-refractivity contribution in [2.75, 3.05) is 11.9 Å². The summed E-state index contributed by atoms with van der Waals surface area (Å²) in [5.41, 5.74) is 1.39. The van der Waals surface area contributed by atoms with E-state index in [9.17, 15) is 4.79 Å². The van der Waals surface area contributed by atoms with Crippen LogP contribution in [0.5, 0.6) is 5.75 Å². The van der Waals surface area contributed by atoms with Crippen molar-refractivity contribution in [2.24, 2.45) is 5.16 Å². The molecule has 5 nitrogen and oxygen atoms in total.